The van der Waals surface area contributed by atoms with Crippen LogP contribution in [-0.2, 0) is 11.2 Å². The van der Waals surface area contributed by atoms with E-state index in [1.807, 2.05) is 47.8 Å². The Morgan fingerprint density at radius 3 is 2.68 bits per heavy atom. The van der Waals surface area contributed by atoms with Crippen LogP contribution in [0.25, 0.3) is 11.4 Å². The summed E-state index contributed by atoms with van der Waals surface area (Å²) in [7, 11) is 0. The third kappa shape index (κ3) is 5.92. The zero-order valence-electron chi connectivity index (χ0n) is 17.8. The highest BCUT2D eigenvalue weighted by Crippen LogP contribution is 2.44. The van der Waals surface area contributed by atoms with E-state index in [2.05, 4.69) is 53.6 Å². The Kier molecular flexibility index (Phi) is 7.35. The average Bonchev–Trinajstić information content (AvgIpc) is 3.28. The van der Waals surface area contributed by atoms with Crippen molar-refractivity contribution in [2.24, 2.45) is 0 Å². The Bertz CT molecular complexity index is 1010. The molecule has 2 aromatic carbocycles. The zero-order valence-corrected chi connectivity index (χ0v) is 19.5. The molecule has 1 aliphatic rings. The Balaban J connectivity index is 1.31. The Hall–Kier alpha value is -2.25. The van der Waals surface area contributed by atoms with E-state index in [0.717, 1.165) is 11.3 Å². The third-order valence-corrected chi connectivity index (χ3v) is 8.15. The van der Waals surface area contributed by atoms with Crippen LogP contribution in [0, 0.1) is 0 Å². The maximum absolute atomic E-state index is 12.4. The van der Waals surface area contributed by atoms with E-state index in [0.29, 0.717) is 35.1 Å². The maximum Gasteiger partial charge on any atom is 0.227 e. The second-order valence-electron chi connectivity index (χ2n) is 7.89. The zero-order chi connectivity index (χ0) is 21.6. The molecule has 1 fully saturated rings. The van der Waals surface area contributed by atoms with Crippen LogP contribution in [0.1, 0.15) is 54.2 Å². The summed E-state index contributed by atoms with van der Waals surface area (Å²) in [6.45, 7) is 4.33. The van der Waals surface area contributed by atoms with Gasteiger partial charge in [0.1, 0.15) is 0 Å². The number of benzene rings is 2. The monoisotopic (exact) mass is 453 g/mol. The standard InChI is InChI=1S/C24H27N3O2S2/c1-16(2)17-7-9-18(10-8-17)23-26-22(29-27-23)12-11-21(28)25-20-6-3-5-19(15-20)24-30-13-4-14-31-24/h3,5-10,15-16,24H,4,11-14H2,1-2H3,(H,25,28). The first kappa shape index (κ1) is 22.0. The van der Waals surface area contributed by atoms with Gasteiger partial charge in [0.15, 0.2) is 0 Å². The quantitative estimate of drug-likeness (QED) is 0.453. The number of hydrogen-bond acceptors (Lipinski definition) is 6. The summed E-state index contributed by atoms with van der Waals surface area (Å²) < 4.78 is 5.80. The molecule has 0 spiro atoms. The lowest BCUT2D eigenvalue weighted by atomic mass is 10.0. The lowest BCUT2D eigenvalue weighted by molar-refractivity contribution is -0.116. The van der Waals surface area contributed by atoms with Crippen molar-refractivity contribution in [1.29, 1.82) is 0 Å². The van der Waals surface area contributed by atoms with Crippen molar-refractivity contribution in [1.82, 2.24) is 10.1 Å². The predicted octanol–water partition coefficient (Wildman–Crippen LogP) is 6.30. The molecular weight excluding hydrogens is 426 g/mol. The summed E-state index contributed by atoms with van der Waals surface area (Å²) in [4.78, 5) is 16.9. The second-order valence-corrected chi connectivity index (χ2v) is 10.6. The van der Waals surface area contributed by atoms with Gasteiger partial charge in [0.2, 0.25) is 17.6 Å². The van der Waals surface area contributed by atoms with Crippen molar-refractivity contribution in [2.45, 2.75) is 43.6 Å². The van der Waals surface area contributed by atoms with Gasteiger partial charge in [0, 0.05) is 24.1 Å². The van der Waals surface area contributed by atoms with E-state index < -0.39 is 0 Å². The fourth-order valence-corrected chi connectivity index (χ4v) is 6.25. The topological polar surface area (TPSA) is 68.0 Å². The van der Waals surface area contributed by atoms with E-state index in [1.165, 1.54) is 29.1 Å². The van der Waals surface area contributed by atoms with Crippen LogP contribution < -0.4 is 5.32 Å². The molecule has 0 radical (unpaired) electrons. The SMILES string of the molecule is CC(C)c1ccc(-c2noc(CCC(=O)Nc3cccc(C4SCCCS4)c3)n2)cc1. The van der Waals surface area contributed by atoms with Crippen molar-refractivity contribution in [3.8, 4) is 11.4 Å². The highest BCUT2D eigenvalue weighted by atomic mass is 32.2. The smallest absolute Gasteiger partial charge is 0.227 e. The number of amides is 1. The van der Waals surface area contributed by atoms with Crippen LogP contribution in [-0.4, -0.2) is 27.6 Å². The van der Waals surface area contributed by atoms with E-state index in [9.17, 15) is 4.79 Å². The molecule has 4 rings (SSSR count). The molecule has 3 aromatic rings. The molecule has 1 saturated heterocycles. The number of anilines is 1. The summed E-state index contributed by atoms with van der Waals surface area (Å²) >= 11 is 3.95. The van der Waals surface area contributed by atoms with Gasteiger partial charge < -0.3 is 9.84 Å². The molecule has 1 N–H and O–H groups in total. The summed E-state index contributed by atoms with van der Waals surface area (Å²) in [6, 6.07) is 16.3. The minimum atomic E-state index is -0.0536. The number of carbonyl (C=O) groups excluding carboxylic acids is 1. The Labute approximate surface area is 191 Å². The molecule has 1 aromatic heterocycles. The number of thioether (sulfide) groups is 2. The first-order valence-corrected chi connectivity index (χ1v) is 12.7. The molecule has 0 bridgehead atoms. The van der Waals surface area contributed by atoms with Gasteiger partial charge in [-0.15, -0.1) is 23.5 Å². The number of aryl methyl sites for hydroxylation is 1. The predicted molar refractivity (Wildman–Crippen MR) is 129 cm³/mol. The minimum absolute atomic E-state index is 0.0536. The van der Waals surface area contributed by atoms with Gasteiger partial charge in [-0.3, -0.25) is 4.79 Å². The van der Waals surface area contributed by atoms with Crippen LogP contribution in [0.4, 0.5) is 5.69 Å². The van der Waals surface area contributed by atoms with Crippen LogP contribution in [0.5, 0.6) is 0 Å². The number of carbonyl (C=O) groups is 1. The number of hydrogen-bond donors (Lipinski definition) is 1. The van der Waals surface area contributed by atoms with E-state index >= 15 is 0 Å². The van der Waals surface area contributed by atoms with Gasteiger partial charge in [0.25, 0.3) is 0 Å². The highest BCUT2D eigenvalue weighted by Gasteiger charge is 2.17. The third-order valence-electron chi connectivity index (χ3n) is 5.14. The van der Waals surface area contributed by atoms with Gasteiger partial charge in [-0.1, -0.05) is 55.4 Å². The second kappa shape index (κ2) is 10.4. The molecule has 2 heterocycles. The molecule has 0 saturated carbocycles. The van der Waals surface area contributed by atoms with Gasteiger partial charge in [-0.25, -0.2) is 0 Å². The fourth-order valence-electron chi connectivity index (χ4n) is 3.38. The highest BCUT2D eigenvalue weighted by molar-refractivity contribution is 8.16. The molecule has 31 heavy (non-hydrogen) atoms. The summed E-state index contributed by atoms with van der Waals surface area (Å²) in [5, 5.41) is 7.06. The molecule has 1 amide bonds. The molecule has 5 nitrogen and oxygen atoms in total. The molecule has 7 heteroatoms. The Morgan fingerprint density at radius 1 is 1.16 bits per heavy atom. The fraction of sp³-hybridized carbons (Fsp3) is 0.375. The molecular formula is C24H27N3O2S2. The van der Waals surface area contributed by atoms with Crippen LogP contribution in [0.3, 0.4) is 0 Å². The van der Waals surface area contributed by atoms with Gasteiger partial charge in [-0.2, -0.15) is 4.98 Å². The van der Waals surface area contributed by atoms with Crippen LogP contribution in [0.2, 0.25) is 0 Å². The summed E-state index contributed by atoms with van der Waals surface area (Å²) in [5.74, 6) is 3.85. The van der Waals surface area contributed by atoms with Crippen LogP contribution in [0.15, 0.2) is 53.1 Å². The van der Waals surface area contributed by atoms with E-state index in [-0.39, 0.29) is 5.91 Å². The molecule has 1 aliphatic heterocycles. The van der Waals surface area contributed by atoms with Gasteiger partial charge in [0.05, 0.1) is 4.58 Å². The first-order chi connectivity index (χ1) is 15.1. The first-order valence-electron chi connectivity index (χ1n) is 10.6. The minimum Gasteiger partial charge on any atom is -0.339 e. The Morgan fingerprint density at radius 2 is 1.94 bits per heavy atom. The molecule has 0 atom stereocenters. The van der Waals surface area contributed by atoms with Crippen molar-refractivity contribution >= 4 is 35.1 Å². The lowest BCUT2D eigenvalue weighted by Gasteiger charge is -2.21. The molecule has 0 aliphatic carbocycles. The molecule has 162 valence electrons. The van der Waals surface area contributed by atoms with Crippen molar-refractivity contribution in [3.05, 3.63) is 65.5 Å². The van der Waals surface area contributed by atoms with E-state index in [1.54, 1.807) is 0 Å². The van der Waals surface area contributed by atoms with Crippen molar-refractivity contribution in [2.75, 3.05) is 16.8 Å². The van der Waals surface area contributed by atoms with Gasteiger partial charge >= 0.3 is 0 Å². The lowest BCUT2D eigenvalue weighted by Crippen LogP contribution is -2.12. The number of nitrogens with one attached hydrogen (secondary N) is 1. The molecule has 0 unspecified atom stereocenters. The van der Waals surface area contributed by atoms with Gasteiger partial charge in [-0.05, 0) is 47.1 Å². The normalized spacial score (nSPS) is 14.7. The summed E-state index contributed by atoms with van der Waals surface area (Å²) in [5.41, 5.74) is 4.29. The van der Waals surface area contributed by atoms with Crippen molar-refractivity contribution in [3.63, 3.8) is 0 Å². The summed E-state index contributed by atoms with van der Waals surface area (Å²) in [6.07, 6.45) is 1.98. The number of aromatic nitrogens is 2. The number of rotatable bonds is 7. The number of nitrogens with zero attached hydrogens (tertiary/aromatic N) is 2. The van der Waals surface area contributed by atoms with E-state index in [4.69, 9.17) is 4.52 Å². The maximum atomic E-state index is 12.4. The van der Waals surface area contributed by atoms with Crippen LogP contribution >= 0.6 is 23.5 Å². The largest absolute Gasteiger partial charge is 0.339 e. The average molecular weight is 454 g/mol. The van der Waals surface area contributed by atoms with Crippen molar-refractivity contribution < 1.29 is 9.32 Å².